The van der Waals surface area contributed by atoms with Crippen molar-refractivity contribution in [2.75, 3.05) is 19.7 Å². The molecule has 1 rings (SSSR count). The molecule has 1 saturated carbocycles. The van der Waals surface area contributed by atoms with Crippen molar-refractivity contribution in [3.8, 4) is 0 Å². The number of carbonyl (C=O) groups is 1. The first kappa shape index (κ1) is 10.7. The van der Waals surface area contributed by atoms with Crippen LogP contribution in [0.5, 0.6) is 0 Å². The maximum Gasteiger partial charge on any atom is 0.131 e. The van der Waals surface area contributed by atoms with Crippen molar-refractivity contribution in [2.24, 2.45) is 0 Å². The van der Waals surface area contributed by atoms with E-state index in [-0.39, 0.29) is 12.4 Å². The number of aliphatic hydroxyl groups excluding tert-OH is 1. The molecule has 1 N–H and O–H groups in total. The topological polar surface area (TPSA) is 40.5 Å². The second-order valence-electron chi connectivity index (χ2n) is 3.80. The number of hydrogen-bond acceptors (Lipinski definition) is 3. The van der Waals surface area contributed by atoms with Gasteiger partial charge in [0.2, 0.25) is 0 Å². The molecule has 0 aliphatic heterocycles. The van der Waals surface area contributed by atoms with Gasteiger partial charge in [-0.2, -0.15) is 0 Å². The van der Waals surface area contributed by atoms with Gasteiger partial charge in [-0.25, -0.2) is 0 Å². The van der Waals surface area contributed by atoms with Crippen LogP contribution in [0.15, 0.2) is 0 Å². The predicted molar refractivity (Wildman–Crippen MR) is 51.6 cm³/mol. The fourth-order valence-corrected chi connectivity index (χ4v) is 1.66. The van der Waals surface area contributed by atoms with E-state index in [0.717, 1.165) is 13.1 Å². The molecular weight excluding hydrogens is 166 g/mol. The van der Waals surface area contributed by atoms with Crippen LogP contribution in [0.3, 0.4) is 0 Å². The van der Waals surface area contributed by atoms with Crippen LogP contribution < -0.4 is 0 Å². The number of aliphatic hydroxyl groups is 1. The van der Waals surface area contributed by atoms with E-state index in [1.54, 1.807) is 6.92 Å². The lowest BCUT2D eigenvalue weighted by Gasteiger charge is -2.37. The summed E-state index contributed by atoms with van der Waals surface area (Å²) < 4.78 is 0. The summed E-state index contributed by atoms with van der Waals surface area (Å²) in [6.45, 7) is 3.37. The van der Waals surface area contributed by atoms with E-state index in [2.05, 4.69) is 4.90 Å². The van der Waals surface area contributed by atoms with Gasteiger partial charge in [0.05, 0.1) is 6.61 Å². The zero-order chi connectivity index (χ0) is 9.68. The lowest BCUT2D eigenvalue weighted by atomic mass is 9.91. The Kier molecular flexibility index (Phi) is 4.39. The first-order valence-corrected chi connectivity index (χ1v) is 5.08. The average Bonchev–Trinajstić information content (AvgIpc) is 1.97. The SMILES string of the molecule is CC(=O)CCN(CCO)C1CCC1. The van der Waals surface area contributed by atoms with E-state index < -0.39 is 0 Å². The Labute approximate surface area is 79.7 Å². The van der Waals surface area contributed by atoms with E-state index in [0.29, 0.717) is 12.5 Å². The Bertz CT molecular complexity index is 166. The van der Waals surface area contributed by atoms with Crippen molar-refractivity contribution < 1.29 is 9.90 Å². The molecule has 0 atom stereocenters. The van der Waals surface area contributed by atoms with Crippen molar-refractivity contribution in [3.63, 3.8) is 0 Å². The van der Waals surface area contributed by atoms with Gasteiger partial charge >= 0.3 is 0 Å². The third-order valence-electron chi connectivity index (χ3n) is 2.73. The molecule has 0 aromatic heterocycles. The maximum absolute atomic E-state index is 10.8. The number of Topliss-reactive ketones (excluding diaryl/α,β-unsaturated/α-hetero) is 1. The highest BCUT2D eigenvalue weighted by molar-refractivity contribution is 5.75. The molecule has 0 aromatic rings. The molecule has 3 heteroatoms. The Morgan fingerprint density at radius 3 is 2.54 bits per heavy atom. The minimum absolute atomic E-state index is 0.203. The Hall–Kier alpha value is -0.410. The van der Waals surface area contributed by atoms with Crippen LogP contribution in [0.2, 0.25) is 0 Å². The molecule has 3 nitrogen and oxygen atoms in total. The first-order chi connectivity index (χ1) is 6.24. The largest absolute Gasteiger partial charge is 0.395 e. The fraction of sp³-hybridized carbons (Fsp3) is 0.900. The van der Waals surface area contributed by atoms with Crippen molar-refractivity contribution in [1.82, 2.24) is 4.90 Å². The molecule has 1 aliphatic carbocycles. The molecule has 0 amide bonds. The van der Waals surface area contributed by atoms with Crippen LogP contribution in [0.25, 0.3) is 0 Å². The van der Waals surface area contributed by atoms with Crippen molar-refractivity contribution in [3.05, 3.63) is 0 Å². The van der Waals surface area contributed by atoms with Crippen LogP contribution in [-0.4, -0.2) is 41.5 Å². The highest BCUT2D eigenvalue weighted by atomic mass is 16.3. The fourth-order valence-electron chi connectivity index (χ4n) is 1.66. The van der Waals surface area contributed by atoms with Gasteiger partial charge in [-0.05, 0) is 19.8 Å². The van der Waals surface area contributed by atoms with Crippen LogP contribution in [-0.2, 0) is 4.79 Å². The van der Waals surface area contributed by atoms with Crippen LogP contribution in [0, 0.1) is 0 Å². The summed E-state index contributed by atoms with van der Waals surface area (Å²) >= 11 is 0. The molecule has 76 valence electrons. The number of hydrogen-bond donors (Lipinski definition) is 1. The minimum atomic E-state index is 0.203. The van der Waals surface area contributed by atoms with Gasteiger partial charge in [-0.15, -0.1) is 0 Å². The summed E-state index contributed by atoms with van der Waals surface area (Å²) in [6, 6.07) is 0.631. The molecule has 1 aliphatic rings. The number of ketones is 1. The summed E-state index contributed by atoms with van der Waals surface area (Å²) in [5, 5.41) is 8.84. The van der Waals surface area contributed by atoms with Crippen LogP contribution >= 0.6 is 0 Å². The molecule has 0 bridgehead atoms. The quantitative estimate of drug-likeness (QED) is 0.666. The molecule has 0 unspecified atom stereocenters. The lowest BCUT2D eigenvalue weighted by molar-refractivity contribution is -0.117. The van der Waals surface area contributed by atoms with E-state index >= 15 is 0 Å². The first-order valence-electron chi connectivity index (χ1n) is 5.08. The van der Waals surface area contributed by atoms with E-state index in [1.165, 1.54) is 19.3 Å². The second kappa shape index (κ2) is 5.35. The van der Waals surface area contributed by atoms with Gasteiger partial charge in [0.1, 0.15) is 5.78 Å². The number of carbonyl (C=O) groups excluding carboxylic acids is 1. The smallest absolute Gasteiger partial charge is 0.131 e. The molecule has 13 heavy (non-hydrogen) atoms. The van der Waals surface area contributed by atoms with E-state index in [1.807, 2.05) is 0 Å². The molecule has 0 radical (unpaired) electrons. The van der Waals surface area contributed by atoms with Gasteiger partial charge in [-0.3, -0.25) is 9.69 Å². The monoisotopic (exact) mass is 185 g/mol. The van der Waals surface area contributed by atoms with Crippen molar-refractivity contribution in [2.45, 2.75) is 38.6 Å². The summed E-state index contributed by atoms with van der Waals surface area (Å²) in [7, 11) is 0. The Balaban J connectivity index is 2.24. The van der Waals surface area contributed by atoms with Gasteiger partial charge in [0.15, 0.2) is 0 Å². The summed E-state index contributed by atoms with van der Waals surface area (Å²) in [5.74, 6) is 0.238. The molecule has 1 fully saturated rings. The summed E-state index contributed by atoms with van der Waals surface area (Å²) in [5.41, 5.74) is 0. The standard InChI is InChI=1S/C10H19NO2/c1-9(13)5-6-11(7-8-12)10-3-2-4-10/h10,12H,2-8H2,1H3. The number of rotatable bonds is 6. The molecular formula is C10H19NO2. The Morgan fingerprint density at radius 2 is 2.15 bits per heavy atom. The van der Waals surface area contributed by atoms with Gasteiger partial charge in [0.25, 0.3) is 0 Å². The lowest BCUT2D eigenvalue weighted by Crippen LogP contribution is -2.42. The Morgan fingerprint density at radius 1 is 1.46 bits per heavy atom. The average molecular weight is 185 g/mol. The van der Waals surface area contributed by atoms with Crippen LogP contribution in [0.1, 0.15) is 32.6 Å². The predicted octanol–water partition coefficient (Wildman–Crippen LogP) is 0.812. The van der Waals surface area contributed by atoms with E-state index in [4.69, 9.17) is 5.11 Å². The third-order valence-corrected chi connectivity index (χ3v) is 2.73. The normalized spacial score (nSPS) is 17.5. The molecule has 0 aromatic carbocycles. The van der Waals surface area contributed by atoms with Crippen LogP contribution in [0.4, 0.5) is 0 Å². The molecule has 0 saturated heterocycles. The van der Waals surface area contributed by atoms with Gasteiger partial charge in [0, 0.05) is 25.6 Å². The van der Waals surface area contributed by atoms with E-state index in [9.17, 15) is 4.79 Å². The van der Waals surface area contributed by atoms with Crippen molar-refractivity contribution in [1.29, 1.82) is 0 Å². The number of nitrogens with zero attached hydrogens (tertiary/aromatic N) is 1. The van der Waals surface area contributed by atoms with Crippen molar-refractivity contribution >= 4 is 5.78 Å². The highest BCUT2D eigenvalue weighted by Gasteiger charge is 2.24. The van der Waals surface area contributed by atoms with Gasteiger partial charge < -0.3 is 5.11 Å². The zero-order valence-corrected chi connectivity index (χ0v) is 8.33. The zero-order valence-electron chi connectivity index (χ0n) is 8.33. The second-order valence-corrected chi connectivity index (χ2v) is 3.80. The maximum atomic E-state index is 10.8. The molecule has 0 heterocycles. The minimum Gasteiger partial charge on any atom is -0.395 e. The summed E-state index contributed by atoms with van der Waals surface area (Å²) in [4.78, 5) is 13.0. The summed E-state index contributed by atoms with van der Waals surface area (Å²) in [6.07, 6.45) is 4.39. The third kappa shape index (κ3) is 3.44. The highest BCUT2D eigenvalue weighted by Crippen LogP contribution is 2.24. The van der Waals surface area contributed by atoms with Gasteiger partial charge in [-0.1, -0.05) is 6.42 Å². The molecule has 0 spiro atoms.